The number of esters is 1. The second-order valence-corrected chi connectivity index (χ2v) is 4.39. The maximum atomic E-state index is 12.8. The molecule has 0 bridgehead atoms. The Bertz CT molecular complexity index is 577. The predicted octanol–water partition coefficient (Wildman–Crippen LogP) is 1.94. The zero-order valence-electron chi connectivity index (χ0n) is 10.0. The number of ether oxygens (including phenoxy) is 1. The van der Waals surface area contributed by atoms with Gasteiger partial charge in [-0.3, -0.25) is 9.78 Å². The Morgan fingerprint density at radius 2 is 2.16 bits per heavy atom. The van der Waals surface area contributed by atoms with E-state index in [9.17, 15) is 9.18 Å². The van der Waals surface area contributed by atoms with Crippen molar-refractivity contribution in [2.24, 2.45) is 0 Å². The summed E-state index contributed by atoms with van der Waals surface area (Å²) in [6.45, 7) is 0. The highest BCUT2D eigenvalue weighted by Gasteiger charge is 2.07. The van der Waals surface area contributed by atoms with E-state index >= 15 is 0 Å². The van der Waals surface area contributed by atoms with Crippen molar-refractivity contribution in [1.29, 1.82) is 0 Å². The minimum atomic E-state index is -0.405. The lowest BCUT2D eigenvalue weighted by Crippen LogP contribution is -2.04. The molecule has 7 heteroatoms. The highest BCUT2D eigenvalue weighted by Crippen LogP contribution is 2.18. The summed E-state index contributed by atoms with van der Waals surface area (Å²) in [4.78, 5) is 23.2. The van der Waals surface area contributed by atoms with E-state index in [0.29, 0.717) is 16.5 Å². The molecule has 98 valence electrons. The number of halogens is 1. The number of pyridine rings is 1. The molecule has 2 rings (SSSR count). The molecule has 0 aliphatic heterocycles. The molecule has 5 nitrogen and oxygen atoms in total. The third-order valence-corrected chi connectivity index (χ3v) is 3.01. The quantitative estimate of drug-likeness (QED) is 0.484. The fourth-order valence-corrected chi connectivity index (χ4v) is 1.93. The Balaban J connectivity index is 2.15. The summed E-state index contributed by atoms with van der Waals surface area (Å²) in [7, 11) is 1.32. The van der Waals surface area contributed by atoms with Crippen LogP contribution in [0.5, 0.6) is 0 Å². The van der Waals surface area contributed by atoms with Crippen LogP contribution in [0.1, 0.15) is 0 Å². The summed E-state index contributed by atoms with van der Waals surface area (Å²) in [5, 5.41) is 0.439. The number of aromatic nitrogens is 3. The number of rotatable bonds is 4. The standard InChI is InChI=1S/C12H10FN3O2S/c1-18-11(17)7-19-12-14-5-4-10(16-12)9-3-2-8(13)6-15-9/h2-6H,7H2,1H3. The summed E-state index contributed by atoms with van der Waals surface area (Å²) in [6.07, 6.45) is 2.69. The lowest BCUT2D eigenvalue weighted by Gasteiger charge is -2.02. The molecular formula is C12H10FN3O2S. The maximum absolute atomic E-state index is 12.8. The van der Waals surface area contributed by atoms with Gasteiger partial charge in [-0.1, -0.05) is 11.8 Å². The van der Waals surface area contributed by atoms with Gasteiger partial charge in [-0.2, -0.15) is 0 Å². The highest BCUT2D eigenvalue weighted by atomic mass is 32.2. The van der Waals surface area contributed by atoms with Gasteiger partial charge in [0.15, 0.2) is 5.16 Å². The third kappa shape index (κ3) is 3.72. The Kier molecular flexibility index (Phi) is 4.40. The average molecular weight is 279 g/mol. The molecule has 0 radical (unpaired) electrons. The number of nitrogens with zero attached hydrogens (tertiary/aromatic N) is 3. The third-order valence-electron chi connectivity index (χ3n) is 2.17. The molecule has 0 saturated heterocycles. The van der Waals surface area contributed by atoms with Gasteiger partial charge in [0.2, 0.25) is 0 Å². The molecule has 0 saturated carbocycles. The van der Waals surface area contributed by atoms with E-state index in [4.69, 9.17) is 0 Å². The van der Waals surface area contributed by atoms with Crippen molar-refractivity contribution in [2.75, 3.05) is 12.9 Å². The molecule has 0 aromatic carbocycles. The molecule has 0 atom stereocenters. The number of carbonyl (C=O) groups is 1. The van der Waals surface area contributed by atoms with Crippen LogP contribution in [-0.4, -0.2) is 33.8 Å². The van der Waals surface area contributed by atoms with Crippen molar-refractivity contribution in [3.63, 3.8) is 0 Å². The fourth-order valence-electron chi connectivity index (χ4n) is 1.26. The Labute approximate surface area is 113 Å². The minimum absolute atomic E-state index is 0.136. The Morgan fingerprint density at radius 3 is 2.84 bits per heavy atom. The Morgan fingerprint density at radius 1 is 1.32 bits per heavy atom. The number of carbonyl (C=O) groups excluding carboxylic acids is 1. The Hall–Kier alpha value is -2.02. The van der Waals surface area contributed by atoms with Crippen LogP contribution in [0.25, 0.3) is 11.4 Å². The second kappa shape index (κ2) is 6.24. The van der Waals surface area contributed by atoms with Crippen molar-refractivity contribution in [3.8, 4) is 11.4 Å². The first-order valence-corrected chi connectivity index (χ1v) is 6.32. The smallest absolute Gasteiger partial charge is 0.316 e. The average Bonchev–Trinajstić information content (AvgIpc) is 2.46. The molecule has 19 heavy (non-hydrogen) atoms. The van der Waals surface area contributed by atoms with Crippen LogP contribution < -0.4 is 0 Å². The van der Waals surface area contributed by atoms with Crippen molar-refractivity contribution in [2.45, 2.75) is 5.16 Å². The number of methoxy groups -OCH3 is 1. The second-order valence-electron chi connectivity index (χ2n) is 3.45. The van der Waals surface area contributed by atoms with E-state index in [0.717, 1.165) is 6.20 Å². The van der Waals surface area contributed by atoms with Gasteiger partial charge in [0, 0.05) is 6.20 Å². The topological polar surface area (TPSA) is 65.0 Å². The summed E-state index contributed by atoms with van der Waals surface area (Å²) in [5.74, 6) is -0.617. The molecule has 0 fully saturated rings. The molecule has 0 spiro atoms. The molecular weight excluding hydrogens is 269 g/mol. The van der Waals surface area contributed by atoms with Gasteiger partial charge in [-0.25, -0.2) is 14.4 Å². The number of thioether (sulfide) groups is 1. The summed E-state index contributed by atoms with van der Waals surface area (Å²) >= 11 is 1.17. The molecule has 0 aliphatic carbocycles. The van der Waals surface area contributed by atoms with E-state index < -0.39 is 5.82 Å². The maximum Gasteiger partial charge on any atom is 0.316 e. The molecule has 2 aromatic rings. The molecule has 0 N–H and O–H groups in total. The lowest BCUT2D eigenvalue weighted by molar-refractivity contribution is -0.137. The van der Waals surface area contributed by atoms with E-state index in [1.807, 2.05) is 0 Å². The van der Waals surface area contributed by atoms with Gasteiger partial charge in [0.05, 0.1) is 30.4 Å². The SMILES string of the molecule is COC(=O)CSc1nccc(-c2ccc(F)cn2)n1. The molecule has 0 amide bonds. The van der Waals surface area contributed by atoms with Gasteiger partial charge in [0.1, 0.15) is 5.82 Å². The van der Waals surface area contributed by atoms with Crippen molar-refractivity contribution in [3.05, 3.63) is 36.4 Å². The van der Waals surface area contributed by atoms with Gasteiger partial charge < -0.3 is 4.74 Å². The fraction of sp³-hybridized carbons (Fsp3) is 0.167. The summed E-state index contributed by atoms with van der Waals surface area (Å²) in [6, 6.07) is 4.51. The first-order chi connectivity index (χ1) is 9.19. The zero-order valence-corrected chi connectivity index (χ0v) is 10.9. The van der Waals surface area contributed by atoms with Crippen LogP contribution in [0.15, 0.2) is 35.7 Å². The molecule has 0 aliphatic rings. The van der Waals surface area contributed by atoms with Crippen LogP contribution in [0.2, 0.25) is 0 Å². The van der Waals surface area contributed by atoms with E-state index in [1.165, 1.54) is 31.0 Å². The lowest BCUT2D eigenvalue weighted by atomic mass is 10.2. The van der Waals surface area contributed by atoms with Gasteiger partial charge in [-0.05, 0) is 18.2 Å². The van der Waals surface area contributed by atoms with Gasteiger partial charge in [-0.15, -0.1) is 0 Å². The molecule has 2 aromatic heterocycles. The number of hydrogen-bond acceptors (Lipinski definition) is 6. The highest BCUT2D eigenvalue weighted by molar-refractivity contribution is 7.99. The minimum Gasteiger partial charge on any atom is -0.468 e. The van der Waals surface area contributed by atoms with Crippen molar-refractivity contribution >= 4 is 17.7 Å². The monoisotopic (exact) mass is 279 g/mol. The van der Waals surface area contributed by atoms with Gasteiger partial charge in [0.25, 0.3) is 0 Å². The normalized spacial score (nSPS) is 10.2. The van der Waals surface area contributed by atoms with Crippen LogP contribution in [0.3, 0.4) is 0 Å². The summed E-state index contributed by atoms with van der Waals surface area (Å²) in [5.41, 5.74) is 1.12. The van der Waals surface area contributed by atoms with Crippen LogP contribution in [-0.2, 0) is 9.53 Å². The van der Waals surface area contributed by atoms with E-state index in [1.54, 1.807) is 12.3 Å². The largest absolute Gasteiger partial charge is 0.468 e. The van der Waals surface area contributed by atoms with Crippen molar-refractivity contribution in [1.82, 2.24) is 15.0 Å². The van der Waals surface area contributed by atoms with Crippen molar-refractivity contribution < 1.29 is 13.9 Å². The van der Waals surface area contributed by atoms with Crippen LogP contribution in [0, 0.1) is 5.82 Å². The van der Waals surface area contributed by atoms with Crippen LogP contribution in [0.4, 0.5) is 4.39 Å². The first kappa shape index (κ1) is 13.4. The zero-order chi connectivity index (χ0) is 13.7. The molecule has 0 unspecified atom stereocenters. The summed E-state index contributed by atoms with van der Waals surface area (Å²) < 4.78 is 17.3. The van der Waals surface area contributed by atoms with Crippen LogP contribution >= 0.6 is 11.8 Å². The number of hydrogen-bond donors (Lipinski definition) is 0. The predicted molar refractivity (Wildman–Crippen MR) is 68.0 cm³/mol. The first-order valence-electron chi connectivity index (χ1n) is 5.33. The van der Waals surface area contributed by atoms with E-state index in [-0.39, 0.29) is 11.7 Å². The van der Waals surface area contributed by atoms with Gasteiger partial charge >= 0.3 is 5.97 Å². The van der Waals surface area contributed by atoms with E-state index in [2.05, 4.69) is 19.7 Å². The molecule has 2 heterocycles.